The Morgan fingerprint density at radius 1 is 1.38 bits per heavy atom. The molecule has 6 heteroatoms. The van der Waals surface area contributed by atoms with Crippen LogP contribution >= 0.6 is 0 Å². The molecule has 0 saturated carbocycles. The molecule has 16 heavy (non-hydrogen) atoms. The van der Waals surface area contributed by atoms with E-state index in [0.29, 0.717) is 0 Å². The highest BCUT2D eigenvalue weighted by atomic mass is 32.2. The fourth-order valence-electron chi connectivity index (χ4n) is 0.905. The lowest BCUT2D eigenvalue weighted by Gasteiger charge is -2.05. The molecule has 0 aliphatic heterocycles. The Kier molecular flexibility index (Phi) is 3.91. The van der Waals surface area contributed by atoms with E-state index < -0.39 is 16.1 Å². The molecule has 0 aromatic heterocycles. The van der Waals surface area contributed by atoms with Gasteiger partial charge in [-0.15, -0.1) is 6.42 Å². The number of rotatable bonds is 3. The van der Waals surface area contributed by atoms with Crippen LogP contribution in [0.2, 0.25) is 0 Å². The van der Waals surface area contributed by atoms with Crippen LogP contribution in [0.1, 0.15) is 0 Å². The van der Waals surface area contributed by atoms with E-state index in [2.05, 4.69) is 4.74 Å². The summed E-state index contributed by atoms with van der Waals surface area (Å²) < 4.78 is 29.2. The number of hydrogen-bond acceptors (Lipinski definition) is 4. The van der Waals surface area contributed by atoms with Crippen molar-refractivity contribution in [1.29, 1.82) is 0 Å². The third-order valence-corrected chi connectivity index (χ3v) is 2.89. The van der Waals surface area contributed by atoms with Crippen molar-refractivity contribution in [1.82, 2.24) is 4.72 Å². The van der Waals surface area contributed by atoms with Gasteiger partial charge < -0.3 is 4.74 Å². The molecule has 1 rings (SSSR count). The minimum atomic E-state index is -3.88. The number of carbonyl (C=O) groups excluding carboxylic acids is 1. The second-order valence-corrected chi connectivity index (χ2v) is 4.38. The molecule has 0 fully saturated rings. The van der Waals surface area contributed by atoms with Crippen LogP contribution < -0.4 is 4.72 Å². The summed E-state index contributed by atoms with van der Waals surface area (Å²) in [6.45, 7) is -0.282. The maximum absolute atomic E-state index is 11.5. The van der Waals surface area contributed by atoms with Crippen LogP contribution in [0.25, 0.3) is 0 Å². The summed E-state index contributed by atoms with van der Waals surface area (Å²) >= 11 is 0. The number of nitrogens with one attached hydrogen (secondary N) is 1. The number of ether oxygens (including phenoxy) is 1. The van der Waals surface area contributed by atoms with Gasteiger partial charge in [-0.05, 0) is 12.1 Å². The van der Waals surface area contributed by atoms with E-state index in [1.807, 2.05) is 5.92 Å². The number of carbonyl (C=O) groups is 1. The van der Waals surface area contributed by atoms with Crippen LogP contribution in [0, 0.1) is 12.3 Å². The molecule has 0 aliphatic carbocycles. The van der Waals surface area contributed by atoms with E-state index in [0.717, 1.165) is 0 Å². The molecule has 1 amide bonds. The number of sulfonamides is 1. The Balaban J connectivity index is 2.74. The van der Waals surface area contributed by atoms with Gasteiger partial charge in [-0.1, -0.05) is 24.1 Å². The Bertz CT molecular complexity index is 501. The Hall–Kier alpha value is -2.00. The first kappa shape index (κ1) is 12.1. The van der Waals surface area contributed by atoms with E-state index in [4.69, 9.17) is 6.42 Å². The number of hydrogen-bond donors (Lipinski definition) is 1. The molecule has 0 unspecified atom stereocenters. The molecule has 84 valence electrons. The molecule has 0 aliphatic rings. The largest absolute Gasteiger partial charge is 0.436 e. The molecule has 5 nitrogen and oxygen atoms in total. The fraction of sp³-hybridized carbons (Fsp3) is 0.100. The van der Waals surface area contributed by atoms with Crippen molar-refractivity contribution >= 4 is 16.1 Å². The van der Waals surface area contributed by atoms with Crippen LogP contribution in [-0.4, -0.2) is 21.1 Å². The van der Waals surface area contributed by atoms with Gasteiger partial charge in [-0.25, -0.2) is 17.9 Å². The predicted molar refractivity (Wildman–Crippen MR) is 56.9 cm³/mol. The van der Waals surface area contributed by atoms with Gasteiger partial charge in [0, 0.05) is 0 Å². The highest BCUT2D eigenvalue weighted by molar-refractivity contribution is 7.90. The Labute approximate surface area is 93.5 Å². The Morgan fingerprint density at radius 3 is 2.56 bits per heavy atom. The zero-order chi connectivity index (χ0) is 12.0. The van der Waals surface area contributed by atoms with Crippen LogP contribution in [0.5, 0.6) is 0 Å². The number of benzene rings is 1. The zero-order valence-electron chi connectivity index (χ0n) is 8.21. The van der Waals surface area contributed by atoms with Gasteiger partial charge in [-0.2, -0.15) is 0 Å². The van der Waals surface area contributed by atoms with E-state index in [9.17, 15) is 13.2 Å². The molecule has 1 aromatic rings. The van der Waals surface area contributed by atoms with E-state index in [1.165, 1.54) is 12.1 Å². The van der Waals surface area contributed by atoms with Gasteiger partial charge >= 0.3 is 6.09 Å². The van der Waals surface area contributed by atoms with Gasteiger partial charge in [0.1, 0.15) is 0 Å². The smallest absolute Gasteiger partial charge is 0.422 e. The topological polar surface area (TPSA) is 72.5 Å². The normalized spacial score (nSPS) is 10.2. The first-order chi connectivity index (χ1) is 7.56. The third kappa shape index (κ3) is 3.29. The maximum Gasteiger partial charge on any atom is 0.422 e. The molecule has 0 radical (unpaired) electrons. The monoisotopic (exact) mass is 239 g/mol. The average Bonchev–Trinajstić information content (AvgIpc) is 2.27. The molecule has 0 saturated heterocycles. The van der Waals surface area contributed by atoms with Crippen molar-refractivity contribution in [3.05, 3.63) is 30.3 Å². The summed E-state index contributed by atoms with van der Waals surface area (Å²) in [5.74, 6) is 2.05. The molecular weight excluding hydrogens is 230 g/mol. The fourth-order valence-corrected chi connectivity index (χ4v) is 1.82. The van der Waals surface area contributed by atoms with Crippen molar-refractivity contribution in [2.75, 3.05) is 6.61 Å². The van der Waals surface area contributed by atoms with Gasteiger partial charge in [0.2, 0.25) is 0 Å². The van der Waals surface area contributed by atoms with Crippen LogP contribution in [0.3, 0.4) is 0 Å². The maximum atomic E-state index is 11.5. The summed E-state index contributed by atoms with van der Waals surface area (Å²) in [5, 5.41) is 0. The highest BCUT2D eigenvalue weighted by Gasteiger charge is 2.17. The van der Waals surface area contributed by atoms with Crippen molar-refractivity contribution < 1.29 is 17.9 Å². The lowest BCUT2D eigenvalue weighted by Crippen LogP contribution is -2.31. The molecule has 0 heterocycles. The van der Waals surface area contributed by atoms with Gasteiger partial charge in [0.05, 0.1) is 4.90 Å². The van der Waals surface area contributed by atoms with E-state index in [1.54, 1.807) is 22.9 Å². The molecule has 1 N–H and O–H groups in total. The van der Waals surface area contributed by atoms with Crippen molar-refractivity contribution in [2.24, 2.45) is 0 Å². The third-order valence-electron chi connectivity index (χ3n) is 1.56. The van der Waals surface area contributed by atoms with Gasteiger partial charge in [-0.3, -0.25) is 0 Å². The molecule has 0 spiro atoms. The standard InChI is InChI=1S/C10H9NO4S/c1-2-8-15-10(12)11-16(13,14)9-6-4-3-5-7-9/h1,3-7H,8H2,(H,11,12). The average molecular weight is 239 g/mol. The van der Waals surface area contributed by atoms with Crippen LogP contribution in [-0.2, 0) is 14.8 Å². The lowest BCUT2D eigenvalue weighted by molar-refractivity contribution is 0.166. The lowest BCUT2D eigenvalue weighted by atomic mass is 10.4. The first-order valence-corrected chi connectivity index (χ1v) is 5.72. The second-order valence-electron chi connectivity index (χ2n) is 2.70. The molecule has 0 atom stereocenters. The summed E-state index contributed by atoms with van der Waals surface area (Å²) in [6, 6.07) is 7.46. The van der Waals surface area contributed by atoms with Crippen molar-refractivity contribution in [3.63, 3.8) is 0 Å². The zero-order valence-corrected chi connectivity index (χ0v) is 9.03. The van der Waals surface area contributed by atoms with Gasteiger partial charge in [0.15, 0.2) is 6.61 Å². The molecular formula is C10H9NO4S. The first-order valence-electron chi connectivity index (χ1n) is 4.24. The highest BCUT2D eigenvalue weighted by Crippen LogP contribution is 2.06. The van der Waals surface area contributed by atoms with Crippen molar-refractivity contribution in [2.45, 2.75) is 4.90 Å². The Morgan fingerprint density at radius 2 is 2.00 bits per heavy atom. The number of amides is 1. The SMILES string of the molecule is C#CCOC(=O)NS(=O)(=O)c1ccccc1. The molecule has 1 aromatic carbocycles. The summed E-state index contributed by atoms with van der Waals surface area (Å²) in [5.41, 5.74) is 0. The summed E-state index contributed by atoms with van der Waals surface area (Å²) in [4.78, 5) is 11.0. The second kappa shape index (κ2) is 5.19. The predicted octanol–water partition coefficient (Wildman–Crippen LogP) is 0.735. The van der Waals surface area contributed by atoms with E-state index >= 15 is 0 Å². The molecule has 0 bridgehead atoms. The van der Waals surface area contributed by atoms with Crippen LogP contribution in [0.15, 0.2) is 35.2 Å². The minimum Gasteiger partial charge on any atom is -0.436 e. The summed E-state index contributed by atoms with van der Waals surface area (Å²) in [6.07, 6.45) is 3.75. The minimum absolute atomic E-state index is 0.0207. The quantitative estimate of drug-likeness (QED) is 0.789. The van der Waals surface area contributed by atoms with E-state index in [-0.39, 0.29) is 11.5 Å². The van der Waals surface area contributed by atoms with Crippen LogP contribution in [0.4, 0.5) is 4.79 Å². The summed E-state index contributed by atoms with van der Waals surface area (Å²) in [7, 11) is -3.88. The van der Waals surface area contributed by atoms with Crippen molar-refractivity contribution in [3.8, 4) is 12.3 Å². The van der Waals surface area contributed by atoms with Gasteiger partial charge in [0.25, 0.3) is 10.0 Å². The number of terminal acetylenes is 1.